The Kier molecular flexibility index (Phi) is 5.26. The maximum absolute atomic E-state index is 12.1. The Morgan fingerprint density at radius 3 is 2.74 bits per heavy atom. The Morgan fingerprint density at radius 2 is 2.09 bits per heavy atom. The molecular weight excluding hydrogens is 298 g/mol. The summed E-state index contributed by atoms with van der Waals surface area (Å²) in [6.45, 7) is 5.28. The predicted octanol–water partition coefficient (Wildman–Crippen LogP) is 2.82. The zero-order valence-electron chi connectivity index (χ0n) is 13.8. The van der Waals surface area contributed by atoms with Gasteiger partial charge < -0.3 is 19.2 Å². The van der Waals surface area contributed by atoms with Crippen LogP contribution in [0, 0.1) is 6.92 Å². The molecule has 0 aliphatic heterocycles. The summed E-state index contributed by atoms with van der Waals surface area (Å²) in [5.74, 6) is -0.209. The van der Waals surface area contributed by atoms with Crippen molar-refractivity contribution in [3.8, 4) is 5.75 Å². The number of amides is 1. The molecule has 0 aliphatic rings. The molecule has 6 heteroatoms. The third kappa shape index (κ3) is 3.83. The highest BCUT2D eigenvalue weighted by molar-refractivity contribution is 5.97. The normalized spacial score (nSPS) is 12.0. The zero-order chi connectivity index (χ0) is 17.0. The lowest BCUT2D eigenvalue weighted by Gasteiger charge is -2.11. The average Bonchev–Trinajstić information content (AvgIpc) is 2.88. The molecule has 0 fully saturated rings. The van der Waals surface area contributed by atoms with Gasteiger partial charge in [0.15, 0.2) is 6.61 Å². The first-order valence-corrected chi connectivity index (χ1v) is 7.49. The molecular formula is C17H21NO5. The number of carbonyl (C=O) groups excluding carboxylic acids is 2. The fraction of sp³-hybridized carbons (Fsp3) is 0.412. The number of fused-ring (bicyclic) bond motifs is 1. The number of aryl methyl sites for hydroxylation is 1. The van der Waals surface area contributed by atoms with Crippen molar-refractivity contribution in [2.45, 2.75) is 33.2 Å². The number of benzene rings is 1. The van der Waals surface area contributed by atoms with Crippen molar-refractivity contribution < 1.29 is 23.5 Å². The van der Waals surface area contributed by atoms with Gasteiger partial charge in [-0.1, -0.05) is 6.92 Å². The number of esters is 1. The molecule has 0 saturated carbocycles. The second kappa shape index (κ2) is 7.17. The van der Waals surface area contributed by atoms with E-state index in [1.54, 1.807) is 32.2 Å². The number of ether oxygens (including phenoxy) is 2. The largest absolute Gasteiger partial charge is 0.497 e. The second-order valence-corrected chi connectivity index (χ2v) is 5.37. The maximum Gasteiger partial charge on any atom is 0.375 e. The van der Waals surface area contributed by atoms with Crippen molar-refractivity contribution in [3.63, 3.8) is 0 Å². The lowest BCUT2D eigenvalue weighted by molar-refractivity contribution is -0.124. The smallest absolute Gasteiger partial charge is 0.375 e. The van der Waals surface area contributed by atoms with Crippen LogP contribution in [-0.2, 0) is 9.53 Å². The number of nitrogens with one attached hydrogen (secondary N) is 1. The Balaban J connectivity index is 2.09. The summed E-state index contributed by atoms with van der Waals surface area (Å²) in [6.07, 6.45) is 0.810. The Labute approximate surface area is 134 Å². The maximum atomic E-state index is 12.1. The van der Waals surface area contributed by atoms with Crippen LogP contribution >= 0.6 is 0 Å². The molecule has 1 amide bonds. The molecule has 1 atom stereocenters. The van der Waals surface area contributed by atoms with E-state index in [4.69, 9.17) is 13.9 Å². The van der Waals surface area contributed by atoms with Crippen LogP contribution in [0.1, 0.15) is 36.4 Å². The van der Waals surface area contributed by atoms with Gasteiger partial charge in [-0.25, -0.2) is 4.79 Å². The summed E-state index contributed by atoms with van der Waals surface area (Å²) in [6, 6.07) is 5.32. The van der Waals surface area contributed by atoms with Crippen molar-refractivity contribution >= 4 is 22.8 Å². The van der Waals surface area contributed by atoms with Crippen LogP contribution in [0.25, 0.3) is 11.0 Å². The van der Waals surface area contributed by atoms with E-state index in [2.05, 4.69) is 5.32 Å². The Morgan fingerprint density at radius 1 is 1.35 bits per heavy atom. The highest BCUT2D eigenvalue weighted by Crippen LogP contribution is 2.29. The van der Waals surface area contributed by atoms with Crippen LogP contribution in [0.2, 0.25) is 0 Å². The quantitative estimate of drug-likeness (QED) is 0.828. The SMILES string of the molecule is CC[C@@H](C)NC(=O)COC(=O)c1oc2ccc(OC)cc2c1C. The minimum atomic E-state index is -0.656. The van der Waals surface area contributed by atoms with Crippen molar-refractivity contribution in [3.05, 3.63) is 29.5 Å². The molecule has 0 radical (unpaired) electrons. The molecule has 0 aliphatic carbocycles. The number of carbonyl (C=O) groups is 2. The van der Waals surface area contributed by atoms with E-state index in [1.165, 1.54) is 0 Å². The third-order valence-electron chi connectivity index (χ3n) is 3.68. The highest BCUT2D eigenvalue weighted by Gasteiger charge is 2.20. The van der Waals surface area contributed by atoms with Crippen molar-refractivity contribution in [1.82, 2.24) is 5.32 Å². The number of furan rings is 1. The summed E-state index contributed by atoms with van der Waals surface area (Å²) in [4.78, 5) is 23.8. The van der Waals surface area contributed by atoms with Crippen LogP contribution in [0.15, 0.2) is 22.6 Å². The fourth-order valence-electron chi connectivity index (χ4n) is 2.14. The van der Waals surface area contributed by atoms with Crippen LogP contribution in [-0.4, -0.2) is 31.6 Å². The van der Waals surface area contributed by atoms with Crippen LogP contribution in [0.5, 0.6) is 5.75 Å². The van der Waals surface area contributed by atoms with Gasteiger partial charge in [0, 0.05) is 17.0 Å². The topological polar surface area (TPSA) is 77.8 Å². The second-order valence-electron chi connectivity index (χ2n) is 5.37. The van der Waals surface area contributed by atoms with Gasteiger partial charge in [0.05, 0.1) is 7.11 Å². The fourth-order valence-corrected chi connectivity index (χ4v) is 2.14. The molecule has 0 bridgehead atoms. The van der Waals surface area contributed by atoms with E-state index in [1.807, 2.05) is 13.8 Å². The van der Waals surface area contributed by atoms with Gasteiger partial charge in [-0.3, -0.25) is 4.79 Å². The average molecular weight is 319 g/mol. The summed E-state index contributed by atoms with van der Waals surface area (Å²) in [7, 11) is 1.57. The summed E-state index contributed by atoms with van der Waals surface area (Å²) >= 11 is 0. The number of rotatable bonds is 6. The first kappa shape index (κ1) is 16.9. The van der Waals surface area contributed by atoms with Crippen LogP contribution in [0.4, 0.5) is 0 Å². The molecule has 1 N–H and O–H groups in total. The molecule has 0 spiro atoms. The number of hydrogen-bond acceptors (Lipinski definition) is 5. The van der Waals surface area contributed by atoms with E-state index in [9.17, 15) is 9.59 Å². The Hall–Kier alpha value is -2.50. The van der Waals surface area contributed by atoms with E-state index >= 15 is 0 Å². The molecule has 1 aromatic heterocycles. The minimum Gasteiger partial charge on any atom is -0.497 e. The lowest BCUT2D eigenvalue weighted by atomic mass is 10.1. The first-order chi connectivity index (χ1) is 11.0. The van der Waals surface area contributed by atoms with Crippen molar-refractivity contribution in [1.29, 1.82) is 0 Å². The van der Waals surface area contributed by atoms with Gasteiger partial charge in [0.1, 0.15) is 11.3 Å². The van der Waals surface area contributed by atoms with Crippen LogP contribution < -0.4 is 10.1 Å². The first-order valence-electron chi connectivity index (χ1n) is 7.49. The molecule has 0 saturated heterocycles. The van der Waals surface area contributed by atoms with E-state index in [-0.39, 0.29) is 24.3 Å². The van der Waals surface area contributed by atoms with Crippen molar-refractivity contribution in [2.75, 3.05) is 13.7 Å². The number of methoxy groups -OCH3 is 1. The van der Waals surface area contributed by atoms with Gasteiger partial charge in [0.2, 0.25) is 5.76 Å². The lowest BCUT2D eigenvalue weighted by Crippen LogP contribution is -2.35. The van der Waals surface area contributed by atoms with E-state index < -0.39 is 5.97 Å². The molecule has 1 aromatic carbocycles. The van der Waals surface area contributed by atoms with E-state index in [0.717, 1.165) is 11.8 Å². The number of hydrogen-bond donors (Lipinski definition) is 1. The highest BCUT2D eigenvalue weighted by atomic mass is 16.5. The molecule has 2 aromatic rings. The molecule has 2 rings (SSSR count). The van der Waals surface area contributed by atoms with Gasteiger partial charge >= 0.3 is 5.97 Å². The van der Waals surface area contributed by atoms with Gasteiger partial charge in [-0.2, -0.15) is 0 Å². The molecule has 23 heavy (non-hydrogen) atoms. The summed E-state index contributed by atoms with van der Waals surface area (Å²) in [5.41, 5.74) is 1.23. The third-order valence-corrected chi connectivity index (χ3v) is 3.68. The molecule has 0 unspecified atom stereocenters. The molecule has 124 valence electrons. The standard InChI is InChI=1S/C17H21NO5/c1-5-10(2)18-15(19)9-22-17(20)16-11(3)13-8-12(21-4)6-7-14(13)23-16/h6-8,10H,5,9H2,1-4H3,(H,18,19)/t10-/m1/s1. The van der Waals surface area contributed by atoms with Gasteiger partial charge in [-0.05, 0) is 38.5 Å². The summed E-state index contributed by atoms with van der Waals surface area (Å²) in [5, 5.41) is 3.51. The van der Waals surface area contributed by atoms with Gasteiger partial charge in [-0.15, -0.1) is 0 Å². The summed E-state index contributed by atoms with van der Waals surface area (Å²) < 4.78 is 15.7. The monoisotopic (exact) mass is 319 g/mol. The molecule has 1 heterocycles. The minimum absolute atomic E-state index is 0.0432. The van der Waals surface area contributed by atoms with Crippen molar-refractivity contribution in [2.24, 2.45) is 0 Å². The Bertz CT molecular complexity index is 719. The van der Waals surface area contributed by atoms with E-state index in [0.29, 0.717) is 16.9 Å². The van der Waals surface area contributed by atoms with Crippen LogP contribution in [0.3, 0.4) is 0 Å². The van der Waals surface area contributed by atoms with Gasteiger partial charge in [0.25, 0.3) is 5.91 Å². The predicted molar refractivity (Wildman–Crippen MR) is 85.7 cm³/mol. The molecule has 6 nitrogen and oxygen atoms in total. The zero-order valence-corrected chi connectivity index (χ0v) is 13.8.